The number of urea groups is 1. The van der Waals surface area contributed by atoms with Crippen LogP contribution < -0.4 is 5.32 Å². The standard InChI is InChI=1S/C16H18N4O3S2/c1-19-10-13(15-14(5-7-24-15)25(19,22)23)18-16(21)20-8-11(9-20)12-4-2-3-6-17-12/h2-7,11,13H,8-10H2,1H3,(H,18,21)/t13-/m1/s1. The molecule has 4 heterocycles. The van der Waals surface area contributed by atoms with E-state index in [1.54, 1.807) is 22.5 Å². The number of likely N-dealkylation sites (tertiary alicyclic amines) is 1. The SMILES string of the molecule is CN1C[C@@H](NC(=O)N2CC(c3ccccn3)C2)c2sccc2S1(=O)=O. The second kappa shape index (κ2) is 6.08. The Labute approximate surface area is 150 Å². The molecule has 0 unspecified atom stereocenters. The van der Waals surface area contributed by atoms with Crippen LogP contribution in [-0.4, -0.2) is 55.3 Å². The Morgan fingerprint density at radius 1 is 1.28 bits per heavy atom. The zero-order chi connectivity index (χ0) is 17.6. The van der Waals surface area contributed by atoms with E-state index in [1.807, 2.05) is 18.2 Å². The maximum Gasteiger partial charge on any atom is 0.317 e. The van der Waals surface area contributed by atoms with E-state index in [2.05, 4.69) is 10.3 Å². The monoisotopic (exact) mass is 378 g/mol. The van der Waals surface area contributed by atoms with Crippen molar-refractivity contribution in [3.63, 3.8) is 0 Å². The fourth-order valence-corrected chi connectivity index (χ4v) is 5.88. The first kappa shape index (κ1) is 16.5. The lowest BCUT2D eigenvalue weighted by Crippen LogP contribution is -2.54. The van der Waals surface area contributed by atoms with Gasteiger partial charge in [0.05, 0.1) is 10.9 Å². The summed E-state index contributed by atoms with van der Waals surface area (Å²) >= 11 is 1.37. The number of likely N-dealkylation sites (N-methyl/N-ethyl adjacent to an activating group) is 1. The lowest BCUT2D eigenvalue weighted by Gasteiger charge is -2.40. The number of hydrogen-bond acceptors (Lipinski definition) is 5. The van der Waals surface area contributed by atoms with Gasteiger partial charge in [0.15, 0.2) is 0 Å². The first-order valence-electron chi connectivity index (χ1n) is 7.97. The van der Waals surface area contributed by atoms with Crippen molar-refractivity contribution in [2.24, 2.45) is 0 Å². The molecular formula is C16H18N4O3S2. The van der Waals surface area contributed by atoms with Gasteiger partial charge in [0, 0.05) is 49.4 Å². The Morgan fingerprint density at radius 3 is 2.80 bits per heavy atom. The molecule has 2 aromatic heterocycles. The van der Waals surface area contributed by atoms with Gasteiger partial charge in [-0.3, -0.25) is 4.98 Å². The summed E-state index contributed by atoms with van der Waals surface area (Å²) in [6, 6.07) is 6.92. The molecule has 4 rings (SSSR count). The fourth-order valence-electron chi connectivity index (χ4n) is 3.18. The number of rotatable bonds is 2. The maximum absolute atomic E-state index is 12.5. The van der Waals surface area contributed by atoms with Crippen LogP contribution in [0.25, 0.3) is 0 Å². The average molecular weight is 378 g/mol. The number of hydrogen-bond donors (Lipinski definition) is 1. The minimum Gasteiger partial charge on any atom is -0.329 e. The number of pyridine rings is 1. The summed E-state index contributed by atoms with van der Waals surface area (Å²) in [5, 5.41) is 4.73. The van der Waals surface area contributed by atoms with E-state index >= 15 is 0 Å². The highest BCUT2D eigenvalue weighted by molar-refractivity contribution is 7.89. The zero-order valence-electron chi connectivity index (χ0n) is 13.6. The molecular weight excluding hydrogens is 360 g/mol. The van der Waals surface area contributed by atoms with Gasteiger partial charge in [-0.1, -0.05) is 6.07 Å². The molecule has 132 valence electrons. The highest BCUT2D eigenvalue weighted by atomic mass is 32.2. The van der Waals surface area contributed by atoms with Crippen molar-refractivity contribution in [1.29, 1.82) is 0 Å². The van der Waals surface area contributed by atoms with E-state index in [0.29, 0.717) is 22.9 Å². The molecule has 7 nitrogen and oxygen atoms in total. The van der Waals surface area contributed by atoms with Crippen molar-refractivity contribution in [2.75, 3.05) is 26.7 Å². The molecule has 2 aromatic rings. The summed E-state index contributed by atoms with van der Waals surface area (Å²) in [4.78, 5) is 19.6. The van der Waals surface area contributed by atoms with E-state index < -0.39 is 10.0 Å². The van der Waals surface area contributed by atoms with Crippen LogP contribution in [0.15, 0.2) is 40.7 Å². The van der Waals surface area contributed by atoms with Gasteiger partial charge < -0.3 is 10.2 Å². The molecule has 1 fully saturated rings. The number of nitrogens with one attached hydrogen (secondary N) is 1. The van der Waals surface area contributed by atoms with Crippen LogP contribution in [0, 0.1) is 0 Å². The second-order valence-electron chi connectivity index (χ2n) is 6.29. The lowest BCUT2D eigenvalue weighted by molar-refractivity contribution is 0.145. The largest absolute Gasteiger partial charge is 0.329 e. The summed E-state index contributed by atoms with van der Waals surface area (Å²) in [5.41, 5.74) is 0.996. The Morgan fingerprint density at radius 2 is 2.08 bits per heavy atom. The Balaban J connectivity index is 1.43. The van der Waals surface area contributed by atoms with Crippen molar-refractivity contribution < 1.29 is 13.2 Å². The third-order valence-corrected chi connectivity index (χ3v) is 7.72. The van der Waals surface area contributed by atoms with E-state index in [9.17, 15) is 13.2 Å². The van der Waals surface area contributed by atoms with Crippen LogP contribution in [0.3, 0.4) is 0 Å². The summed E-state index contributed by atoms with van der Waals surface area (Å²) in [6.45, 7) is 1.50. The fraction of sp³-hybridized carbons (Fsp3) is 0.375. The highest BCUT2D eigenvalue weighted by Gasteiger charge is 2.39. The van der Waals surface area contributed by atoms with Gasteiger partial charge in [0.2, 0.25) is 10.0 Å². The first-order valence-corrected chi connectivity index (χ1v) is 10.3. The van der Waals surface area contributed by atoms with E-state index in [1.165, 1.54) is 22.7 Å². The van der Waals surface area contributed by atoms with Gasteiger partial charge in [-0.05, 0) is 23.6 Å². The summed E-state index contributed by atoms with van der Waals surface area (Å²) in [5.74, 6) is 0.263. The molecule has 1 saturated heterocycles. The number of sulfonamides is 1. The predicted molar refractivity (Wildman–Crippen MR) is 94.0 cm³/mol. The van der Waals surface area contributed by atoms with Crippen molar-refractivity contribution in [2.45, 2.75) is 16.9 Å². The van der Waals surface area contributed by atoms with Crippen LogP contribution >= 0.6 is 11.3 Å². The normalized spacial score (nSPS) is 22.9. The number of amides is 2. The van der Waals surface area contributed by atoms with Crippen LogP contribution in [0.4, 0.5) is 4.79 Å². The predicted octanol–water partition coefficient (Wildman–Crippen LogP) is 1.63. The molecule has 0 aromatic carbocycles. The second-order valence-corrected chi connectivity index (χ2v) is 9.25. The molecule has 1 N–H and O–H groups in total. The van der Waals surface area contributed by atoms with E-state index in [-0.39, 0.29) is 24.5 Å². The lowest BCUT2D eigenvalue weighted by atomic mass is 9.96. The molecule has 2 aliphatic heterocycles. The maximum atomic E-state index is 12.5. The number of nitrogens with zero attached hydrogens (tertiary/aromatic N) is 3. The van der Waals surface area contributed by atoms with Crippen molar-refractivity contribution in [3.05, 3.63) is 46.4 Å². The number of carbonyl (C=O) groups excluding carboxylic acids is 1. The van der Waals surface area contributed by atoms with Gasteiger partial charge in [-0.2, -0.15) is 4.31 Å². The van der Waals surface area contributed by atoms with Gasteiger partial charge in [0.1, 0.15) is 0 Å². The van der Waals surface area contributed by atoms with Crippen LogP contribution in [-0.2, 0) is 10.0 Å². The summed E-state index contributed by atoms with van der Waals surface area (Å²) in [6.07, 6.45) is 1.76. The highest BCUT2D eigenvalue weighted by Crippen LogP contribution is 2.36. The van der Waals surface area contributed by atoms with E-state index in [4.69, 9.17) is 0 Å². The van der Waals surface area contributed by atoms with Crippen molar-refractivity contribution >= 4 is 27.4 Å². The van der Waals surface area contributed by atoms with Crippen LogP contribution in [0.2, 0.25) is 0 Å². The van der Waals surface area contributed by atoms with Crippen LogP contribution in [0.1, 0.15) is 22.5 Å². The number of thiophene rings is 1. The Bertz CT molecular complexity index is 891. The van der Waals surface area contributed by atoms with Crippen LogP contribution in [0.5, 0.6) is 0 Å². The van der Waals surface area contributed by atoms with Gasteiger partial charge in [-0.25, -0.2) is 13.2 Å². The minimum atomic E-state index is -3.43. The molecule has 9 heteroatoms. The Kier molecular flexibility index (Phi) is 4.01. The van der Waals surface area contributed by atoms with Gasteiger partial charge >= 0.3 is 6.03 Å². The van der Waals surface area contributed by atoms with Crippen molar-refractivity contribution in [3.8, 4) is 0 Å². The van der Waals surface area contributed by atoms with Gasteiger partial charge in [0.25, 0.3) is 0 Å². The molecule has 0 spiro atoms. The summed E-state index contributed by atoms with van der Waals surface area (Å²) < 4.78 is 25.9. The third-order valence-electron chi connectivity index (χ3n) is 4.67. The first-order chi connectivity index (χ1) is 12.0. The average Bonchev–Trinajstić information content (AvgIpc) is 3.03. The molecule has 0 saturated carbocycles. The van der Waals surface area contributed by atoms with Gasteiger partial charge in [-0.15, -0.1) is 11.3 Å². The smallest absolute Gasteiger partial charge is 0.317 e. The van der Waals surface area contributed by atoms with E-state index in [0.717, 1.165) is 5.69 Å². The molecule has 0 radical (unpaired) electrons. The molecule has 1 atom stereocenters. The number of fused-ring (bicyclic) bond motifs is 1. The molecule has 2 amide bonds. The van der Waals surface area contributed by atoms with Crippen molar-refractivity contribution in [1.82, 2.24) is 19.5 Å². The molecule has 0 aliphatic carbocycles. The third kappa shape index (κ3) is 2.82. The Hall–Kier alpha value is -1.97. The molecule has 0 bridgehead atoms. The molecule has 25 heavy (non-hydrogen) atoms. The topological polar surface area (TPSA) is 82.6 Å². The minimum absolute atomic E-state index is 0.163. The molecule has 2 aliphatic rings. The quantitative estimate of drug-likeness (QED) is 0.861. The summed E-state index contributed by atoms with van der Waals surface area (Å²) in [7, 11) is -1.89. The zero-order valence-corrected chi connectivity index (χ0v) is 15.3. The number of aromatic nitrogens is 1. The number of carbonyl (C=O) groups is 1.